The van der Waals surface area contributed by atoms with Crippen LogP contribution >= 0.6 is 22.9 Å². The smallest absolute Gasteiger partial charge is 0.264 e. The lowest BCUT2D eigenvalue weighted by molar-refractivity contribution is -0.122. The number of thiophene rings is 1. The van der Waals surface area contributed by atoms with Crippen molar-refractivity contribution in [2.45, 2.75) is 44.6 Å². The molecule has 6 heteroatoms. The Balaban J connectivity index is 1.26. The zero-order valence-electron chi connectivity index (χ0n) is 13.7. The van der Waals surface area contributed by atoms with Crippen LogP contribution in [-0.2, 0) is 4.79 Å². The second-order valence-corrected chi connectivity index (χ2v) is 8.84. The standard InChI is InChI=1S/C18H23ClN2O2S/c19-13-8-16(24-10-13)18(23)21-5-1-2-14(9-21)20-17(22)7-12-6-15(12)11-3-4-11/h8,10-12,14-15H,1-7,9H2,(H,20,22)/t12-,14+,15-/m0/s1. The van der Waals surface area contributed by atoms with Crippen LogP contribution in [-0.4, -0.2) is 35.8 Å². The maximum atomic E-state index is 12.5. The fourth-order valence-corrected chi connectivity index (χ4v) is 5.03. The molecule has 2 heterocycles. The Morgan fingerprint density at radius 1 is 1.33 bits per heavy atom. The molecule has 4 nitrogen and oxygen atoms in total. The largest absolute Gasteiger partial charge is 0.352 e. The summed E-state index contributed by atoms with van der Waals surface area (Å²) < 4.78 is 0. The van der Waals surface area contributed by atoms with Gasteiger partial charge in [0, 0.05) is 30.9 Å². The summed E-state index contributed by atoms with van der Waals surface area (Å²) in [7, 11) is 0. The molecule has 1 N–H and O–H groups in total. The van der Waals surface area contributed by atoms with Gasteiger partial charge in [0.15, 0.2) is 0 Å². The zero-order chi connectivity index (χ0) is 16.7. The monoisotopic (exact) mass is 366 g/mol. The Kier molecular flexibility index (Phi) is 4.56. The van der Waals surface area contributed by atoms with Gasteiger partial charge in [-0.05, 0) is 55.9 Å². The van der Waals surface area contributed by atoms with E-state index in [1.807, 2.05) is 4.90 Å². The summed E-state index contributed by atoms with van der Waals surface area (Å²) in [6.45, 7) is 1.36. The fourth-order valence-electron chi connectivity index (χ4n) is 3.99. The Bertz CT molecular complexity index is 643. The first-order chi connectivity index (χ1) is 11.6. The lowest BCUT2D eigenvalue weighted by Crippen LogP contribution is -2.49. The molecule has 3 atom stereocenters. The number of hydrogen-bond acceptors (Lipinski definition) is 3. The molecule has 1 saturated heterocycles. The van der Waals surface area contributed by atoms with Gasteiger partial charge in [0.2, 0.25) is 5.91 Å². The van der Waals surface area contributed by atoms with Crippen molar-refractivity contribution in [2.24, 2.45) is 17.8 Å². The van der Waals surface area contributed by atoms with Crippen LogP contribution < -0.4 is 5.32 Å². The minimum atomic E-state index is 0.0295. The molecule has 1 aromatic heterocycles. The van der Waals surface area contributed by atoms with Crippen molar-refractivity contribution < 1.29 is 9.59 Å². The quantitative estimate of drug-likeness (QED) is 0.866. The van der Waals surface area contributed by atoms with Gasteiger partial charge in [0.25, 0.3) is 5.91 Å². The van der Waals surface area contributed by atoms with Crippen LogP contribution in [0.3, 0.4) is 0 Å². The Hall–Kier alpha value is -1.07. The lowest BCUT2D eigenvalue weighted by atomic mass is 10.0. The molecule has 2 aliphatic carbocycles. The second-order valence-electron chi connectivity index (χ2n) is 7.49. The third-order valence-electron chi connectivity index (χ3n) is 5.50. The highest BCUT2D eigenvalue weighted by Gasteiger charge is 2.47. The average molecular weight is 367 g/mol. The fraction of sp³-hybridized carbons (Fsp3) is 0.667. The summed E-state index contributed by atoms with van der Waals surface area (Å²) in [5.74, 6) is 2.56. The Morgan fingerprint density at radius 2 is 2.17 bits per heavy atom. The van der Waals surface area contributed by atoms with Crippen LogP contribution in [0.4, 0.5) is 0 Å². The molecule has 2 amide bonds. The molecule has 1 aliphatic heterocycles. The van der Waals surface area contributed by atoms with Gasteiger partial charge in [-0.3, -0.25) is 9.59 Å². The van der Waals surface area contributed by atoms with Crippen LogP contribution in [0, 0.1) is 17.8 Å². The van der Waals surface area contributed by atoms with E-state index in [1.165, 1.54) is 30.6 Å². The van der Waals surface area contributed by atoms with Crippen molar-refractivity contribution >= 4 is 34.8 Å². The van der Waals surface area contributed by atoms with E-state index in [-0.39, 0.29) is 17.9 Å². The topological polar surface area (TPSA) is 49.4 Å². The summed E-state index contributed by atoms with van der Waals surface area (Å²) in [6, 6.07) is 1.81. The van der Waals surface area contributed by atoms with E-state index in [2.05, 4.69) is 5.32 Å². The lowest BCUT2D eigenvalue weighted by Gasteiger charge is -2.33. The number of likely N-dealkylation sites (tertiary alicyclic amines) is 1. The molecule has 3 fully saturated rings. The molecule has 0 unspecified atom stereocenters. The molecule has 0 radical (unpaired) electrons. The van der Waals surface area contributed by atoms with Gasteiger partial charge in [0.1, 0.15) is 0 Å². The first-order valence-corrected chi connectivity index (χ1v) is 10.2. The molecule has 1 aromatic rings. The number of nitrogens with one attached hydrogen (secondary N) is 1. The number of amides is 2. The number of nitrogens with zero attached hydrogens (tertiary/aromatic N) is 1. The summed E-state index contributed by atoms with van der Waals surface area (Å²) in [6.07, 6.45) is 6.55. The second kappa shape index (κ2) is 6.68. The molecule has 2 saturated carbocycles. The number of carbonyl (C=O) groups excluding carboxylic acids is 2. The van der Waals surface area contributed by atoms with Gasteiger partial charge in [-0.2, -0.15) is 0 Å². The highest BCUT2D eigenvalue weighted by atomic mass is 35.5. The molecule has 0 aromatic carbocycles. The van der Waals surface area contributed by atoms with Crippen molar-refractivity contribution in [2.75, 3.05) is 13.1 Å². The Labute approximate surface area is 151 Å². The van der Waals surface area contributed by atoms with Gasteiger partial charge in [-0.1, -0.05) is 11.6 Å². The van der Waals surface area contributed by atoms with E-state index in [0.29, 0.717) is 28.8 Å². The van der Waals surface area contributed by atoms with Crippen molar-refractivity contribution in [3.63, 3.8) is 0 Å². The van der Waals surface area contributed by atoms with E-state index >= 15 is 0 Å². The first-order valence-electron chi connectivity index (χ1n) is 8.93. The zero-order valence-corrected chi connectivity index (χ0v) is 15.2. The van der Waals surface area contributed by atoms with Crippen molar-refractivity contribution in [1.29, 1.82) is 0 Å². The summed E-state index contributed by atoms with van der Waals surface area (Å²) in [5, 5.41) is 5.55. The van der Waals surface area contributed by atoms with Gasteiger partial charge in [0.05, 0.1) is 9.90 Å². The summed E-state index contributed by atoms with van der Waals surface area (Å²) >= 11 is 7.30. The van der Waals surface area contributed by atoms with Crippen molar-refractivity contribution in [3.05, 3.63) is 21.3 Å². The molecule has 130 valence electrons. The number of piperidine rings is 1. The van der Waals surface area contributed by atoms with Crippen LogP contribution in [0.1, 0.15) is 48.2 Å². The van der Waals surface area contributed by atoms with Gasteiger partial charge in [-0.25, -0.2) is 0 Å². The minimum absolute atomic E-state index is 0.0295. The summed E-state index contributed by atoms with van der Waals surface area (Å²) in [5.41, 5.74) is 0. The SMILES string of the molecule is O=C(C[C@@H]1C[C@H]1C1CC1)N[C@@H]1CCCN(C(=O)c2cc(Cl)cs2)C1. The highest BCUT2D eigenvalue weighted by Crippen LogP contribution is 2.55. The van der Waals surface area contributed by atoms with E-state index in [1.54, 1.807) is 11.4 Å². The molecule has 24 heavy (non-hydrogen) atoms. The summed E-state index contributed by atoms with van der Waals surface area (Å²) in [4.78, 5) is 27.3. The number of halogens is 1. The predicted octanol–water partition coefficient (Wildman–Crippen LogP) is 3.56. The number of rotatable bonds is 5. The van der Waals surface area contributed by atoms with Gasteiger partial charge in [-0.15, -0.1) is 11.3 Å². The van der Waals surface area contributed by atoms with E-state index < -0.39 is 0 Å². The normalized spacial score (nSPS) is 29.4. The van der Waals surface area contributed by atoms with Gasteiger partial charge < -0.3 is 10.2 Å². The number of hydrogen-bond donors (Lipinski definition) is 1. The van der Waals surface area contributed by atoms with Crippen molar-refractivity contribution in [1.82, 2.24) is 10.2 Å². The Morgan fingerprint density at radius 3 is 2.88 bits per heavy atom. The van der Waals surface area contributed by atoms with Crippen LogP contribution in [0.25, 0.3) is 0 Å². The number of carbonyl (C=O) groups is 2. The highest BCUT2D eigenvalue weighted by molar-refractivity contribution is 7.12. The van der Waals surface area contributed by atoms with Crippen LogP contribution in [0.15, 0.2) is 11.4 Å². The van der Waals surface area contributed by atoms with Gasteiger partial charge >= 0.3 is 0 Å². The average Bonchev–Trinajstić information content (AvgIpc) is 3.46. The van der Waals surface area contributed by atoms with E-state index in [0.717, 1.165) is 31.2 Å². The van der Waals surface area contributed by atoms with Crippen LogP contribution in [0.5, 0.6) is 0 Å². The van der Waals surface area contributed by atoms with E-state index in [9.17, 15) is 9.59 Å². The maximum absolute atomic E-state index is 12.5. The minimum Gasteiger partial charge on any atom is -0.352 e. The van der Waals surface area contributed by atoms with E-state index in [4.69, 9.17) is 11.6 Å². The molecular weight excluding hydrogens is 344 g/mol. The third kappa shape index (κ3) is 3.77. The van der Waals surface area contributed by atoms with Crippen molar-refractivity contribution in [3.8, 4) is 0 Å². The maximum Gasteiger partial charge on any atom is 0.264 e. The van der Waals surface area contributed by atoms with Crippen LogP contribution in [0.2, 0.25) is 5.02 Å². The molecule has 0 spiro atoms. The molecular formula is C18H23ClN2O2S. The molecule has 3 aliphatic rings. The molecule has 4 rings (SSSR count). The first kappa shape index (κ1) is 16.4. The molecule has 0 bridgehead atoms. The predicted molar refractivity (Wildman–Crippen MR) is 95.3 cm³/mol. The third-order valence-corrected chi connectivity index (χ3v) is 6.77.